The van der Waals surface area contributed by atoms with Gasteiger partial charge in [0.15, 0.2) is 0 Å². The largest absolute Gasteiger partial charge is 0.497 e. The summed E-state index contributed by atoms with van der Waals surface area (Å²) in [6, 6.07) is 6.83. The van der Waals surface area contributed by atoms with Crippen LogP contribution < -0.4 is 10.1 Å². The van der Waals surface area contributed by atoms with Crippen molar-refractivity contribution >= 4 is 23.2 Å². The highest BCUT2D eigenvalue weighted by Crippen LogP contribution is 2.28. The third-order valence-electron chi connectivity index (χ3n) is 2.27. The normalized spacial score (nSPS) is 10.5. The van der Waals surface area contributed by atoms with Gasteiger partial charge in [-0.25, -0.2) is 0 Å². The van der Waals surface area contributed by atoms with Gasteiger partial charge in [0.2, 0.25) is 5.91 Å². The van der Waals surface area contributed by atoms with Gasteiger partial charge >= 0.3 is 0 Å². The van der Waals surface area contributed by atoms with Crippen LogP contribution in [0.1, 0.15) is 13.8 Å². The van der Waals surface area contributed by atoms with E-state index < -0.39 is 11.3 Å². The number of nitriles is 1. The van der Waals surface area contributed by atoms with Gasteiger partial charge in [-0.05, 0) is 26.0 Å². The summed E-state index contributed by atoms with van der Waals surface area (Å²) in [6.07, 6.45) is 0. The Morgan fingerprint density at radius 3 is 2.65 bits per heavy atom. The van der Waals surface area contributed by atoms with Crippen LogP contribution in [0, 0.1) is 16.7 Å². The minimum atomic E-state index is -1.09. The molecule has 1 amide bonds. The van der Waals surface area contributed by atoms with Crippen molar-refractivity contribution in [3.05, 3.63) is 23.2 Å². The molecule has 90 valence electrons. The Bertz CT molecular complexity index is 478. The van der Waals surface area contributed by atoms with Crippen LogP contribution >= 0.6 is 11.6 Å². The molecule has 0 aliphatic heterocycles. The molecule has 0 bridgehead atoms. The number of nitrogens with one attached hydrogen (secondary N) is 1. The van der Waals surface area contributed by atoms with Gasteiger partial charge in [-0.1, -0.05) is 11.6 Å². The second-order valence-electron chi connectivity index (χ2n) is 4.04. The van der Waals surface area contributed by atoms with E-state index in [9.17, 15) is 4.79 Å². The van der Waals surface area contributed by atoms with E-state index in [1.54, 1.807) is 32.0 Å². The van der Waals surface area contributed by atoms with Gasteiger partial charge in [-0.15, -0.1) is 0 Å². The van der Waals surface area contributed by atoms with Crippen LogP contribution in [-0.4, -0.2) is 13.0 Å². The van der Waals surface area contributed by atoms with Gasteiger partial charge in [0.05, 0.1) is 23.9 Å². The number of carbonyl (C=O) groups is 1. The third kappa shape index (κ3) is 3.11. The predicted molar refractivity (Wildman–Crippen MR) is 66.0 cm³/mol. The van der Waals surface area contributed by atoms with E-state index >= 15 is 0 Å². The number of rotatable bonds is 3. The minimum absolute atomic E-state index is 0.367. The fourth-order valence-electron chi connectivity index (χ4n) is 1.05. The number of amides is 1. The maximum atomic E-state index is 11.7. The Kier molecular flexibility index (Phi) is 3.97. The quantitative estimate of drug-likeness (QED) is 0.900. The van der Waals surface area contributed by atoms with E-state index in [0.717, 1.165) is 0 Å². The second-order valence-corrected chi connectivity index (χ2v) is 4.44. The molecule has 5 heteroatoms. The van der Waals surface area contributed by atoms with Crippen molar-refractivity contribution in [2.45, 2.75) is 13.8 Å². The summed E-state index contributed by atoms with van der Waals surface area (Å²) < 4.78 is 4.99. The molecule has 1 aromatic carbocycles. The van der Waals surface area contributed by atoms with Gasteiger partial charge in [0.1, 0.15) is 11.2 Å². The highest BCUT2D eigenvalue weighted by Gasteiger charge is 2.27. The number of ether oxygens (including phenoxy) is 1. The molecule has 0 radical (unpaired) electrons. The zero-order valence-electron chi connectivity index (χ0n) is 9.87. The van der Waals surface area contributed by atoms with Crippen molar-refractivity contribution in [2.24, 2.45) is 5.41 Å². The maximum Gasteiger partial charge on any atom is 0.244 e. The van der Waals surface area contributed by atoms with Gasteiger partial charge in [0.25, 0.3) is 0 Å². The molecular formula is C12H13ClN2O2. The lowest BCUT2D eigenvalue weighted by Gasteiger charge is -2.16. The topological polar surface area (TPSA) is 62.1 Å². The number of hydrogen-bond acceptors (Lipinski definition) is 3. The molecule has 0 fully saturated rings. The van der Waals surface area contributed by atoms with Crippen LogP contribution in [0.4, 0.5) is 5.69 Å². The maximum absolute atomic E-state index is 11.7. The van der Waals surface area contributed by atoms with E-state index in [-0.39, 0.29) is 0 Å². The first-order valence-electron chi connectivity index (χ1n) is 4.97. The lowest BCUT2D eigenvalue weighted by Crippen LogP contribution is -2.29. The molecule has 17 heavy (non-hydrogen) atoms. The third-order valence-corrected chi connectivity index (χ3v) is 2.58. The predicted octanol–water partition coefficient (Wildman–Crippen LogP) is 2.84. The monoisotopic (exact) mass is 252 g/mol. The highest BCUT2D eigenvalue weighted by molar-refractivity contribution is 6.33. The first-order valence-corrected chi connectivity index (χ1v) is 5.35. The van der Waals surface area contributed by atoms with E-state index in [0.29, 0.717) is 16.5 Å². The van der Waals surface area contributed by atoms with Crippen molar-refractivity contribution in [3.63, 3.8) is 0 Å². The summed E-state index contributed by atoms with van der Waals surface area (Å²) in [7, 11) is 1.53. The Balaban J connectivity index is 2.91. The van der Waals surface area contributed by atoms with Crippen LogP contribution in [0.2, 0.25) is 5.02 Å². The first-order chi connectivity index (χ1) is 7.90. The second kappa shape index (κ2) is 5.07. The van der Waals surface area contributed by atoms with E-state index in [1.165, 1.54) is 7.11 Å². The molecule has 0 unspecified atom stereocenters. The summed E-state index contributed by atoms with van der Waals surface area (Å²) >= 11 is 5.97. The molecule has 1 rings (SSSR count). The van der Waals surface area contributed by atoms with Crippen molar-refractivity contribution < 1.29 is 9.53 Å². The molecule has 4 nitrogen and oxygen atoms in total. The number of nitrogens with zero attached hydrogens (tertiary/aromatic N) is 1. The van der Waals surface area contributed by atoms with Crippen molar-refractivity contribution in [3.8, 4) is 11.8 Å². The Labute approximate surface area is 105 Å². The van der Waals surface area contributed by atoms with E-state index in [2.05, 4.69) is 5.32 Å². The number of methoxy groups -OCH3 is 1. The molecule has 1 N–H and O–H groups in total. The zero-order chi connectivity index (χ0) is 13.1. The van der Waals surface area contributed by atoms with Gasteiger partial charge < -0.3 is 10.1 Å². The van der Waals surface area contributed by atoms with Crippen molar-refractivity contribution in [1.82, 2.24) is 0 Å². The summed E-state index contributed by atoms with van der Waals surface area (Å²) in [5, 5.41) is 11.8. The SMILES string of the molecule is COc1ccc(NC(=O)C(C)(C)C#N)c(Cl)c1. The first kappa shape index (κ1) is 13.3. The highest BCUT2D eigenvalue weighted by atomic mass is 35.5. The van der Waals surface area contributed by atoms with Gasteiger partial charge in [-0.2, -0.15) is 5.26 Å². The lowest BCUT2D eigenvalue weighted by atomic mass is 9.94. The molecule has 0 heterocycles. The molecular weight excluding hydrogens is 240 g/mol. The van der Waals surface area contributed by atoms with Crippen LogP contribution in [0.15, 0.2) is 18.2 Å². The van der Waals surface area contributed by atoms with Gasteiger partial charge in [0, 0.05) is 6.07 Å². The lowest BCUT2D eigenvalue weighted by molar-refractivity contribution is -0.121. The molecule has 0 aromatic heterocycles. The summed E-state index contributed by atoms with van der Waals surface area (Å²) in [4.78, 5) is 11.7. The molecule has 1 aromatic rings. The zero-order valence-corrected chi connectivity index (χ0v) is 10.6. The van der Waals surface area contributed by atoms with Gasteiger partial charge in [-0.3, -0.25) is 4.79 Å². The van der Waals surface area contributed by atoms with Crippen molar-refractivity contribution in [1.29, 1.82) is 5.26 Å². The number of halogens is 1. The Hall–Kier alpha value is -1.73. The fourth-order valence-corrected chi connectivity index (χ4v) is 1.27. The van der Waals surface area contributed by atoms with Crippen LogP contribution in [0.3, 0.4) is 0 Å². The summed E-state index contributed by atoms with van der Waals surface area (Å²) in [6.45, 7) is 3.08. The molecule has 0 spiro atoms. The number of hydrogen-bond donors (Lipinski definition) is 1. The van der Waals surface area contributed by atoms with Crippen molar-refractivity contribution in [2.75, 3.05) is 12.4 Å². The molecule has 0 saturated carbocycles. The van der Waals surface area contributed by atoms with Crippen LogP contribution in [0.5, 0.6) is 5.75 Å². The van der Waals surface area contributed by atoms with E-state index in [4.69, 9.17) is 21.6 Å². The Morgan fingerprint density at radius 1 is 1.53 bits per heavy atom. The van der Waals surface area contributed by atoms with Crippen LogP contribution in [-0.2, 0) is 4.79 Å². The standard InChI is InChI=1S/C12H13ClN2O2/c1-12(2,7-14)11(16)15-10-5-4-8(17-3)6-9(10)13/h4-6H,1-3H3,(H,15,16). The smallest absolute Gasteiger partial charge is 0.244 e. The fraction of sp³-hybridized carbons (Fsp3) is 0.333. The average Bonchev–Trinajstić information content (AvgIpc) is 2.31. The summed E-state index contributed by atoms with van der Waals surface area (Å²) in [5.74, 6) is 0.208. The van der Waals surface area contributed by atoms with E-state index in [1.807, 2.05) is 6.07 Å². The summed E-state index contributed by atoms with van der Waals surface area (Å²) in [5.41, 5.74) is -0.635. The number of anilines is 1. The number of carbonyl (C=O) groups excluding carboxylic acids is 1. The molecule has 0 aliphatic carbocycles. The van der Waals surface area contributed by atoms with Crippen LogP contribution in [0.25, 0.3) is 0 Å². The molecule has 0 aliphatic rings. The molecule has 0 saturated heterocycles. The Morgan fingerprint density at radius 2 is 2.18 bits per heavy atom. The minimum Gasteiger partial charge on any atom is -0.497 e. The molecule has 0 atom stereocenters. The number of benzene rings is 1. The average molecular weight is 253 g/mol.